The summed E-state index contributed by atoms with van der Waals surface area (Å²) >= 11 is 0. The second kappa shape index (κ2) is 9.47. The number of ether oxygens (including phenoxy) is 2. The molecule has 0 aromatic heterocycles. The summed E-state index contributed by atoms with van der Waals surface area (Å²) in [6.07, 6.45) is -2.24. The number of para-hydroxylation sites is 1. The number of morpholine rings is 1. The minimum atomic E-state index is -4.73. The Hall–Kier alpha value is -2.00. The van der Waals surface area contributed by atoms with E-state index < -0.39 is 6.36 Å². The van der Waals surface area contributed by atoms with Gasteiger partial charge < -0.3 is 20.1 Å². The number of halogens is 3. The van der Waals surface area contributed by atoms with Crippen LogP contribution in [0.2, 0.25) is 0 Å². The number of guanidine groups is 1. The molecule has 2 N–H and O–H groups in total. The molecule has 3 rings (SSSR count). The van der Waals surface area contributed by atoms with E-state index in [2.05, 4.69) is 25.3 Å². The predicted octanol–water partition coefficient (Wildman–Crippen LogP) is 2.50. The van der Waals surface area contributed by atoms with Crippen molar-refractivity contribution in [1.82, 2.24) is 15.5 Å². The molecule has 1 aromatic rings. The van der Waals surface area contributed by atoms with Crippen molar-refractivity contribution < 1.29 is 22.6 Å². The molecule has 28 heavy (non-hydrogen) atoms. The smallest absolute Gasteiger partial charge is 0.405 e. The fourth-order valence-corrected chi connectivity index (χ4v) is 3.58. The van der Waals surface area contributed by atoms with E-state index in [1.54, 1.807) is 12.1 Å². The summed E-state index contributed by atoms with van der Waals surface area (Å²) in [5.74, 6) is 0.307. The number of nitrogens with zero attached hydrogens (tertiary/aromatic N) is 2. The lowest BCUT2D eigenvalue weighted by Gasteiger charge is -2.35. The molecule has 2 heterocycles. The van der Waals surface area contributed by atoms with Crippen LogP contribution < -0.4 is 15.4 Å². The average molecular weight is 400 g/mol. The van der Waals surface area contributed by atoms with E-state index >= 15 is 0 Å². The summed E-state index contributed by atoms with van der Waals surface area (Å²) in [6.45, 7) is 6.00. The molecule has 0 spiro atoms. The Balaban J connectivity index is 1.57. The number of aliphatic imine (C=N–C) groups is 1. The van der Waals surface area contributed by atoms with Crippen molar-refractivity contribution in [3.8, 4) is 5.75 Å². The first-order valence-corrected chi connectivity index (χ1v) is 9.66. The lowest BCUT2D eigenvalue weighted by atomic mass is 10.2. The first kappa shape index (κ1) is 20.7. The molecule has 9 heteroatoms. The number of hydrogen-bond acceptors (Lipinski definition) is 4. The van der Waals surface area contributed by atoms with Crippen molar-refractivity contribution in [3.05, 3.63) is 29.8 Å². The molecule has 6 nitrogen and oxygen atoms in total. The summed E-state index contributed by atoms with van der Waals surface area (Å²) in [6, 6.07) is 6.58. The number of fused-ring (bicyclic) bond motifs is 1. The molecule has 2 atom stereocenters. The molecule has 0 radical (unpaired) electrons. The molecule has 2 aliphatic rings. The van der Waals surface area contributed by atoms with E-state index in [0.29, 0.717) is 30.7 Å². The Morgan fingerprint density at radius 3 is 2.93 bits per heavy atom. The highest BCUT2D eigenvalue weighted by Gasteiger charge is 2.33. The van der Waals surface area contributed by atoms with Gasteiger partial charge in [-0.3, -0.25) is 4.90 Å². The van der Waals surface area contributed by atoms with Gasteiger partial charge in [-0.1, -0.05) is 18.2 Å². The summed E-state index contributed by atoms with van der Waals surface area (Å²) in [4.78, 5) is 6.87. The van der Waals surface area contributed by atoms with Gasteiger partial charge in [0.05, 0.1) is 19.3 Å². The molecule has 2 unspecified atom stereocenters. The van der Waals surface area contributed by atoms with Gasteiger partial charge in [-0.15, -0.1) is 13.2 Å². The highest BCUT2D eigenvalue weighted by Crippen LogP contribution is 2.26. The molecule has 0 aliphatic carbocycles. The fraction of sp³-hybridized carbons (Fsp3) is 0.632. The van der Waals surface area contributed by atoms with Crippen LogP contribution in [-0.4, -0.2) is 62.2 Å². The Labute approximate surface area is 163 Å². The topological polar surface area (TPSA) is 58.1 Å². The predicted molar refractivity (Wildman–Crippen MR) is 100 cm³/mol. The van der Waals surface area contributed by atoms with Crippen LogP contribution in [0.3, 0.4) is 0 Å². The van der Waals surface area contributed by atoms with Crippen molar-refractivity contribution in [2.45, 2.75) is 44.8 Å². The third-order valence-electron chi connectivity index (χ3n) is 4.91. The second-order valence-corrected chi connectivity index (χ2v) is 6.98. The molecule has 2 fully saturated rings. The van der Waals surface area contributed by atoms with Crippen LogP contribution in [0.5, 0.6) is 5.75 Å². The zero-order valence-corrected chi connectivity index (χ0v) is 16.0. The van der Waals surface area contributed by atoms with Gasteiger partial charge in [0.25, 0.3) is 0 Å². The van der Waals surface area contributed by atoms with Crippen LogP contribution in [0, 0.1) is 0 Å². The normalized spacial score (nSPS) is 23.4. The minimum absolute atomic E-state index is 0.0686. The SMILES string of the molecule is CCNC(=NCc1ccccc1OC(F)(F)F)NCC1CN2CCCC2CO1. The van der Waals surface area contributed by atoms with Crippen LogP contribution in [0.25, 0.3) is 0 Å². The van der Waals surface area contributed by atoms with E-state index in [9.17, 15) is 13.2 Å². The molecule has 0 amide bonds. The van der Waals surface area contributed by atoms with Gasteiger partial charge in [0.2, 0.25) is 0 Å². The molecule has 2 saturated heterocycles. The molecule has 156 valence electrons. The molecule has 0 saturated carbocycles. The van der Waals surface area contributed by atoms with Gasteiger partial charge in [0.1, 0.15) is 5.75 Å². The maximum absolute atomic E-state index is 12.6. The minimum Gasteiger partial charge on any atom is -0.405 e. The van der Waals surface area contributed by atoms with Crippen LogP contribution in [0.1, 0.15) is 25.3 Å². The molecule has 2 aliphatic heterocycles. The first-order valence-electron chi connectivity index (χ1n) is 9.66. The van der Waals surface area contributed by atoms with Crippen LogP contribution in [-0.2, 0) is 11.3 Å². The molecular formula is C19H27F3N4O2. The Morgan fingerprint density at radius 1 is 1.32 bits per heavy atom. The van der Waals surface area contributed by atoms with Gasteiger partial charge in [-0.05, 0) is 32.4 Å². The van der Waals surface area contributed by atoms with Crippen molar-refractivity contribution in [3.63, 3.8) is 0 Å². The number of hydrogen-bond donors (Lipinski definition) is 2. The van der Waals surface area contributed by atoms with Gasteiger partial charge in [-0.25, -0.2) is 4.99 Å². The Morgan fingerprint density at radius 2 is 2.14 bits per heavy atom. The average Bonchev–Trinajstić information content (AvgIpc) is 3.11. The largest absolute Gasteiger partial charge is 0.573 e. The number of nitrogens with one attached hydrogen (secondary N) is 2. The fourth-order valence-electron chi connectivity index (χ4n) is 3.58. The third kappa shape index (κ3) is 6.00. The standard InChI is InChI=1S/C19H27F3N4O2/c1-2-23-18(25-11-16-12-26-9-5-7-15(26)13-27-16)24-10-14-6-3-4-8-17(14)28-19(20,21)22/h3-4,6,8,15-16H,2,5,7,9-13H2,1H3,(H2,23,24,25). The van der Waals surface area contributed by atoms with E-state index in [1.165, 1.54) is 25.0 Å². The molecule has 1 aromatic carbocycles. The highest BCUT2D eigenvalue weighted by atomic mass is 19.4. The maximum atomic E-state index is 12.6. The zero-order chi connectivity index (χ0) is 20.0. The third-order valence-corrected chi connectivity index (χ3v) is 4.91. The van der Waals surface area contributed by atoms with E-state index in [4.69, 9.17) is 4.74 Å². The summed E-state index contributed by atoms with van der Waals surface area (Å²) in [7, 11) is 0. The van der Waals surface area contributed by atoms with Crippen molar-refractivity contribution in [2.24, 2.45) is 4.99 Å². The van der Waals surface area contributed by atoms with Gasteiger partial charge in [0.15, 0.2) is 5.96 Å². The van der Waals surface area contributed by atoms with Gasteiger partial charge >= 0.3 is 6.36 Å². The van der Waals surface area contributed by atoms with Crippen LogP contribution >= 0.6 is 0 Å². The first-order chi connectivity index (χ1) is 13.4. The molecule has 0 bridgehead atoms. The second-order valence-electron chi connectivity index (χ2n) is 6.98. The summed E-state index contributed by atoms with van der Waals surface area (Å²) in [5.41, 5.74) is 0.367. The highest BCUT2D eigenvalue weighted by molar-refractivity contribution is 5.79. The lowest BCUT2D eigenvalue weighted by Crippen LogP contribution is -2.51. The Bertz CT molecular complexity index is 669. The van der Waals surface area contributed by atoms with Crippen molar-refractivity contribution in [2.75, 3.05) is 32.8 Å². The number of benzene rings is 1. The lowest BCUT2D eigenvalue weighted by molar-refractivity contribution is -0.274. The Kier molecular flexibility index (Phi) is 7.01. The summed E-state index contributed by atoms with van der Waals surface area (Å²) < 4.78 is 47.7. The van der Waals surface area contributed by atoms with Gasteiger partial charge in [0, 0.05) is 31.2 Å². The van der Waals surface area contributed by atoms with Crippen molar-refractivity contribution in [1.29, 1.82) is 0 Å². The summed E-state index contributed by atoms with van der Waals surface area (Å²) in [5, 5.41) is 6.35. The molecular weight excluding hydrogens is 373 g/mol. The monoisotopic (exact) mass is 400 g/mol. The van der Waals surface area contributed by atoms with Crippen LogP contribution in [0.15, 0.2) is 29.3 Å². The number of alkyl halides is 3. The zero-order valence-electron chi connectivity index (χ0n) is 16.0. The van der Waals surface area contributed by atoms with E-state index in [1.807, 2.05) is 6.92 Å². The van der Waals surface area contributed by atoms with E-state index in [0.717, 1.165) is 19.7 Å². The number of rotatable bonds is 6. The van der Waals surface area contributed by atoms with Crippen molar-refractivity contribution >= 4 is 5.96 Å². The quantitative estimate of drug-likeness (QED) is 0.568. The van der Waals surface area contributed by atoms with E-state index in [-0.39, 0.29) is 18.4 Å². The maximum Gasteiger partial charge on any atom is 0.573 e. The van der Waals surface area contributed by atoms with Crippen LogP contribution in [0.4, 0.5) is 13.2 Å². The van der Waals surface area contributed by atoms with Gasteiger partial charge in [-0.2, -0.15) is 0 Å².